The topological polar surface area (TPSA) is 77.2 Å². The number of phenols is 1. The summed E-state index contributed by atoms with van der Waals surface area (Å²) in [7, 11) is 0. The molecule has 0 saturated heterocycles. The van der Waals surface area contributed by atoms with Gasteiger partial charge in [0.05, 0.1) is 18.3 Å². The summed E-state index contributed by atoms with van der Waals surface area (Å²) in [5.74, 6) is -0.00176. The van der Waals surface area contributed by atoms with Gasteiger partial charge in [0.2, 0.25) is 0 Å². The first-order valence-corrected chi connectivity index (χ1v) is 11.6. The standard InChI is InChI=1S/C25H19Br2N3O3/c26-19-6-1-17(2-7-19)5-12-24(31)23-11-10-22(13-25(23)32)33-16-21-15-30(29-28-21)14-18-3-8-20(27)9-4-18/h1-13,15,32H,14,16H2/b12-5+. The van der Waals surface area contributed by atoms with E-state index in [1.165, 1.54) is 12.1 Å². The maximum atomic E-state index is 12.4. The summed E-state index contributed by atoms with van der Waals surface area (Å²) in [6, 6.07) is 20.2. The van der Waals surface area contributed by atoms with E-state index in [1.807, 2.05) is 54.7 Å². The number of rotatable bonds is 8. The molecule has 6 nitrogen and oxygen atoms in total. The lowest BCUT2D eigenvalue weighted by molar-refractivity contribution is 0.104. The average Bonchev–Trinajstić information content (AvgIpc) is 3.26. The molecule has 0 aliphatic carbocycles. The van der Waals surface area contributed by atoms with E-state index in [0.717, 1.165) is 20.1 Å². The van der Waals surface area contributed by atoms with Crippen LogP contribution in [0.15, 0.2) is 87.9 Å². The minimum atomic E-state index is -0.294. The third-order valence-electron chi connectivity index (χ3n) is 4.76. The minimum Gasteiger partial charge on any atom is -0.507 e. The number of phenolic OH excluding ortho intramolecular Hbond substituents is 1. The molecule has 1 heterocycles. The van der Waals surface area contributed by atoms with Crippen LogP contribution in [0.25, 0.3) is 6.08 Å². The second-order valence-corrected chi connectivity index (χ2v) is 9.08. The van der Waals surface area contributed by atoms with Gasteiger partial charge in [-0.1, -0.05) is 67.4 Å². The van der Waals surface area contributed by atoms with Crippen LogP contribution in [-0.2, 0) is 13.2 Å². The Labute approximate surface area is 207 Å². The minimum absolute atomic E-state index is 0.142. The molecule has 0 aliphatic heterocycles. The van der Waals surface area contributed by atoms with Gasteiger partial charge >= 0.3 is 0 Å². The van der Waals surface area contributed by atoms with Crippen LogP contribution in [-0.4, -0.2) is 25.9 Å². The zero-order chi connectivity index (χ0) is 23.2. The number of nitrogens with zero attached hydrogens (tertiary/aromatic N) is 3. The highest BCUT2D eigenvalue weighted by Crippen LogP contribution is 2.25. The summed E-state index contributed by atoms with van der Waals surface area (Å²) in [6.07, 6.45) is 4.95. The molecule has 0 radical (unpaired) electrons. The van der Waals surface area contributed by atoms with Crippen LogP contribution in [0.1, 0.15) is 27.2 Å². The van der Waals surface area contributed by atoms with Crippen LogP contribution in [0.3, 0.4) is 0 Å². The molecule has 0 bridgehead atoms. The molecule has 0 saturated carbocycles. The van der Waals surface area contributed by atoms with E-state index in [2.05, 4.69) is 42.2 Å². The summed E-state index contributed by atoms with van der Waals surface area (Å²) in [4.78, 5) is 12.4. The number of allylic oxidation sites excluding steroid dienone is 1. The molecule has 0 fully saturated rings. The number of hydrogen-bond acceptors (Lipinski definition) is 5. The Balaban J connectivity index is 1.34. The van der Waals surface area contributed by atoms with Crippen molar-refractivity contribution in [2.45, 2.75) is 13.2 Å². The van der Waals surface area contributed by atoms with Crippen molar-refractivity contribution in [3.8, 4) is 11.5 Å². The number of carbonyl (C=O) groups is 1. The quantitative estimate of drug-likeness (QED) is 0.207. The molecule has 8 heteroatoms. The highest BCUT2D eigenvalue weighted by molar-refractivity contribution is 9.10. The van der Waals surface area contributed by atoms with Gasteiger partial charge in [-0.15, -0.1) is 5.10 Å². The molecule has 0 aliphatic rings. The SMILES string of the molecule is O=C(/C=C/c1ccc(Br)cc1)c1ccc(OCc2cn(Cc3ccc(Br)cc3)nn2)cc1O. The van der Waals surface area contributed by atoms with Gasteiger partial charge in [0.25, 0.3) is 0 Å². The molecule has 1 aromatic heterocycles. The summed E-state index contributed by atoms with van der Waals surface area (Å²) in [5, 5.41) is 18.5. The third-order valence-corrected chi connectivity index (χ3v) is 5.82. The van der Waals surface area contributed by atoms with Gasteiger partial charge in [-0.05, 0) is 53.6 Å². The van der Waals surface area contributed by atoms with Crippen molar-refractivity contribution in [2.75, 3.05) is 0 Å². The van der Waals surface area contributed by atoms with Crippen LogP contribution in [0.2, 0.25) is 0 Å². The number of ether oxygens (including phenoxy) is 1. The van der Waals surface area contributed by atoms with Gasteiger partial charge in [0, 0.05) is 15.0 Å². The lowest BCUT2D eigenvalue weighted by atomic mass is 10.1. The Morgan fingerprint density at radius 2 is 1.70 bits per heavy atom. The van der Waals surface area contributed by atoms with Gasteiger partial charge in [0.15, 0.2) is 5.78 Å². The third kappa shape index (κ3) is 6.40. The van der Waals surface area contributed by atoms with Gasteiger partial charge in [-0.2, -0.15) is 0 Å². The fourth-order valence-electron chi connectivity index (χ4n) is 3.06. The molecule has 0 amide bonds. The van der Waals surface area contributed by atoms with E-state index >= 15 is 0 Å². The van der Waals surface area contributed by atoms with E-state index in [0.29, 0.717) is 18.0 Å². The van der Waals surface area contributed by atoms with Crippen LogP contribution in [0.4, 0.5) is 0 Å². The van der Waals surface area contributed by atoms with Crippen LogP contribution in [0, 0.1) is 0 Å². The molecule has 0 atom stereocenters. The fourth-order valence-corrected chi connectivity index (χ4v) is 3.59. The molecule has 166 valence electrons. The summed E-state index contributed by atoms with van der Waals surface area (Å²) >= 11 is 6.80. The fraction of sp³-hybridized carbons (Fsp3) is 0.0800. The first-order chi connectivity index (χ1) is 16.0. The van der Waals surface area contributed by atoms with Crippen molar-refractivity contribution >= 4 is 43.7 Å². The monoisotopic (exact) mass is 567 g/mol. The summed E-state index contributed by atoms with van der Waals surface area (Å²) in [6.45, 7) is 0.794. The van der Waals surface area contributed by atoms with E-state index in [9.17, 15) is 9.90 Å². The largest absolute Gasteiger partial charge is 0.507 e. The molecule has 33 heavy (non-hydrogen) atoms. The molecule has 4 rings (SSSR count). The van der Waals surface area contributed by atoms with Crippen molar-refractivity contribution < 1.29 is 14.6 Å². The Hall–Kier alpha value is -3.23. The van der Waals surface area contributed by atoms with Crippen molar-refractivity contribution in [1.82, 2.24) is 15.0 Å². The molecule has 0 spiro atoms. The second-order valence-electron chi connectivity index (χ2n) is 7.25. The number of carbonyl (C=O) groups excluding carboxylic acids is 1. The van der Waals surface area contributed by atoms with Crippen LogP contribution >= 0.6 is 31.9 Å². The highest BCUT2D eigenvalue weighted by Gasteiger charge is 2.10. The number of ketones is 1. The Morgan fingerprint density at radius 1 is 1.00 bits per heavy atom. The van der Waals surface area contributed by atoms with E-state index in [1.54, 1.807) is 22.9 Å². The summed E-state index contributed by atoms with van der Waals surface area (Å²) < 4.78 is 9.43. The first-order valence-electron chi connectivity index (χ1n) is 10.0. The number of halogens is 2. The highest BCUT2D eigenvalue weighted by atomic mass is 79.9. The Kier molecular flexibility index (Phi) is 7.36. The van der Waals surface area contributed by atoms with Gasteiger partial charge in [-0.25, -0.2) is 4.68 Å². The number of benzene rings is 3. The normalized spacial score (nSPS) is 11.1. The molecule has 1 N–H and O–H groups in total. The smallest absolute Gasteiger partial charge is 0.189 e. The van der Waals surface area contributed by atoms with E-state index in [4.69, 9.17) is 4.74 Å². The van der Waals surface area contributed by atoms with Crippen LogP contribution < -0.4 is 4.74 Å². The number of hydrogen-bond donors (Lipinski definition) is 1. The zero-order valence-electron chi connectivity index (χ0n) is 17.4. The lowest BCUT2D eigenvalue weighted by Gasteiger charge is -2.07. The van der Waals surface area contributed by atoms with Gasteiger partial charge < -0.3 is 9.84 Å². The zero-order valence-corrected chi connectivity index (χ0v) is 20.5. The number of aromatic nitrogens is 3. The number of aromatic hydroxyl groups is 1. The van der Waals surface area contributed by atoms with Crippen molar-refractivity contribution in [1.29, 1.82) is 0 Å². The van der Waals surface area contributed by atoms with E-state index < -0.39 is 0 Å². The second kappa shape index (κ2) is 10.6. The van der Waals surface area contributed by atoms with Crippen LogP contribution in [0.5, 0.6) is 11.5 Å². The van der Waals surface area contributed by atoms with E-state index in [-0.39, 0.29) is 23.7 Å². The summed E-state index contributed by atoms with van der Waals surface area (Å²) in [5.41, 5.74) is 2.86. The molecular formula is C25H19Br2N3O3. The molecular weight excluding hydrogens is 550 g/mol. The van der Waals surface area contributed by atoms with Gasteiger partial charge in [0.1, 0.15) is 23.8 Å². The molecule has 3 aromatic carbocycles. The van der Waals surface area contributed by atoms with Crippen molar-refractivity contribution in [3.05, 3.63) is 110 Å². The van der Waals surface area contributed by atoms with Gasteiger partial charge in [-0.3, -0.25) is 4.79 Å². The lowest BCUT2D eigenvalue weighted by Crippen LogP contribution is -2.00. The average molecular weight is 569 g/mol. The molecule has 0 unspecified atom stereocenters. The first kappa shape index (κ1) is 22.9. The predicted molar refractivity (Wildman–Crippen MR) is 133 cm³/mol. The predicted octanol–water partition coefficient (Wildman–Crippen LogP) is 6.03. The van der Waals surface area contributed by atoms with Crippen molar-refractivity contribution in [2.24, 2.45) is 0 Å². The Morgan fingerprint density at radius 3 is 2.39 bits per heavy atom. The molecule has 4 aromatic rings. The maximum Gasteiger partial charge on any atom is 0.189 e. The Bertz CT molecular complexity index is 1280. The maximum absolute atomic E-state index is 12.4. The van der Waals surface area contributed by atoms with Crippen molar-refractivity contribution in [3.63, 3.8) is 0 Å².